The average molecular weight is 478 g/mol. The number of nitrogens with zero attached hydrogens (tertiary/aromatic N) is 1. The van der Waals surface area contributed by atoms with Crippen molar-refractivity contribution in [3.05, 3.63) is 93.7 Å². The summed E-state index contributed by atoms with van der Waals surface area (Å²) in [6.07, 6.45) is 4.34. The Hall–Kier alpha value is -2.61. The van der Waals surface area contributed by atoms with Crippen LogP contribution in [0.25, 0.3) is 0 Å². The van der Waals surface area contributed by atoms with Crippen molar-refractivity contribution in [2.75, 3.05) is 17.0 Å². The normalized spacial score (nSPS) is 11.2. The number of halogens is 2. The van der Waals surface area contributed by atoms with Gasteiger partial charge in [-0.1, -0.05) is 35.3 Å². The zero-order valence-corrected chi connectivity index (χ0v) is 18.8. The Kier molecular flexibility index (Phi) is 7.90. The predicted octanol–water partition coefficient (Wildman–Crippen LogP) is 4.35. The van der Waals surface area contributed by atoms with Crippen LogP contribution in [0.3, 0.4) is 0 Å². The van der Waals surface area contributed by atoms with Crippen LogP contribution in [0, 0.1) is 0 Å². The first-order chi connectivity index (χ1) is 14.8. The van der Waals surface area contributed by atoms with Crippen LogP contribution in [0.2, 0.25) is 10.0 Å². The Morgan fingerprint density at radius 3 is 2.35 bits per heavy atom. The van der Waals surface area contributed by atoms with Crippen LogP contribution >= 0.6 is 23.2 Å². The largest absolute Gasteiger partial charge is 0.352 e. The zero-order valence-electron chi connectivity index (χ0n) is 16.5. The van der Waals surface area contributed by atoms with E-state index in [1.54, 1.807) is 54.9 Å². The summed E-state index contributed by atoms with van der Waals surface area (Å²) in [6.45, 7) is 0.489. The fraction of sp³-hybridized carbons (Fsp3) is 0.182. The number of carbonyl (C=O) groups excluding carboxylic acids is 1. The van der Waals surface area contributed by atoms with Crippen LogP contribution in [-0.4, -0.2) is 31.6 Å². The molecule has 1 aromatic heterocycles. The van der Waals surface area contributed by atoms with E-state index >= 15 is 0 Å². The Morgan fingerprint density at radius 1 is 0.935 bits per heavy atom. The summed E-state index contributed by atoms with van der Waals surface area (Å²) in [5, 5.41) is 3.59. The van der Waals surface area contributed by atoms with Crippen LogP contribution in [0.1, 0.15) is 21.5 Å². The van der Waals surface area contributed by atoms with E-state index in [1.165, 1.54) is 0 Å². The molecule has 0 unspecified atom stereocenters. The molecule has 2 aromatic carbocycles. The minimum Gasteiger partial charge on any atom is -0.352 e. The second-order valence-electron chi connectivity index (χ2n) is 6.82. The zero-order chi connectivity index (χ0) is 22.3. The Labute approximate surface area is 191 Å². The molecule has 3 rings (SSSR count). The topological polar surface area (TPSA) is 88.2 Å². The van der Waals surface area contributed by atoms with Gasteiger partial charge in [-0.05, 0) is 66.4 Å². The number of anilines is 1. The number of carbonyl (C=O) groups is 1. The van der Waals surface area contributed by atoms with Gasteiger partial charge in [0.25, 0.3) is 5.91 Å². The van der Waals surface area contributed by atoms with Crippen LogP contribution in [0.15, 0.2) is 67.0 Å². The van der Waals surface area contributed by atoms with Crippen LogP contribution in [0.4, 0.5) is 5.69 Å². The van der Waals surface area contributed by atoms with Crippen LogP contribution < -0.4 is 10.0 Å². The van der Waals surface area contributed by atoms with Gasteiger partial charge in [-0.15, -0.1) is 0 Å². The van der Waals surface area contributed by atoms with Crippen molar-refractivity contribution in [2.24, 2.45) is 0 Å². The van der Waals surface area contributed by atoms with E-state index in [4.69, 9.17) is 23.2 Å². The molecule has 0 fully saturated rings. The molecule has 6 nitrogen and oxygen atoms in total. The van der Waals surface area contributed by atoms with E-state index in [0.717, 1.165) is 5.56 Å². The fourth-order valence-electron chi connectivity index (χ4n) is 2.88. The van der Waals surface area contributed by atoms with Gasteiger partial charge < -0.3 is 5.32 Å². The first-order valence-corrected chi connectivity index (χ1v) is 12.0. The summed E-state index contributed by atoms with van der Waals surface area (Å²) < 4.78 is 27.3. The first-order valence-electron chi connectivity index (χ1n) is 9.54. The lowest BCUT2D eigenvalue weighted by Gasteiger charge is -2.10. The van der Waals surface area contributed by atoms with Crippen molar-refractivity contribution in [1.82, 2.24) is 10.3 Å². The average Bonchev–Trinajstić information content (AvgIpc) is 2.76. The van der Waals surface area contributed by atoms with Gasteiger partial charge in [0.15, 0.2) is 0 Å². The second kappa shape index (κ2) is 10.6. The summed E-state index contributed by atoms with van der Waals surface area (Å²) in [6, 6.07) is 15.2. The van der Waals surface area contributed by atoms with E-state index in [2.05, 4.69) is 15.0 Å². The summed E-state index contributed by atoms with van der Waals surface area (Å²) in [7, 11) is -3.60. The van der Waals surface area contributed by atoms with Gasteiger partial charge in [0, 0.05) is 30.2 Å². The summed E-state index contributed by atoms with van der Waals surface area (Å²) in [5.41, 5.74) is 2.58. The summed E-state index contributed by atoms with van der Waals surface area (Å²) >= 11 is 12.1. The molecule has 0 aliphatic rings. The Bertz CT molecular complexity index is 1140. The number of amides is 1. The third-order valence-electron chi connectivity index (χ3n) is 4.54. The summed E-state index contributed by atoms with van der Waals surface area (Å²) in [5.74, 6) is -0.372. The second-order valence-corrected chi connectivity index (χ2v) is 9.45. The molecule has 0 saturated heterocycles. The molecule has 162 valence electrons. The molecule has 0 bridgehead atoms. The SMILES string of the molecule is O=C(NCCc1ccncc1)c1ccc(NS(=O)(=O)CCc2cccc(Cl)c2Cl)cc1. The number of sulfonamides is 1. The molecular formula is C22H21Cl2N3O3S. The maximum Gasteiger partial charge on any atom is 0.251 e. The summed E-state index contributed by atoms with van der Waals surface area (Å²) in [4.78, 5) is 16.2. The molecular weight excluding hydrogens is 457 g/mol. The first kappa shape index (κ1) is 23.1. The number of benzene rings is 2. The Morgan fingerprint density at radius 2 is 1.65 bits per heavy atom. The molecule has 2 N–H and O–H groups in total. The highest BCUT2D eigenvalue weighted by molar-refractivity contribution is 7.92. The molecule has 0 aliphatic heterocycles. The number of aryl methyl sites for hydroxylation is 1. The van der Waals surface area contributed by atoms with Crippen LogP contribution in [0.5, 0.6) is 0 Å². The highest BCUT2D eigenvalue weighted by Gasteiger charge is 2.14. The minimum absolute atomic E-state index is 0.149. The molecule has 9 heteroatoms. The molecule has 31 heavy (non-hydrogen) atoms. The lowest BCUT2D eigenvalue weighted by Crippen LogP contribution is -2.25. The lowest BCUT2D eigenvalue weighted by molar-refractivity contribution is 0.0954. The smallest absolute Gasteiger partial charge is 0.251 e. The van der Waals surface area contributed by atoms with Gasteiger partial charge in [0.05, 0.1) is 15.8 Å². The van der Waals surface area contributed by atoms with Gasteiger partial charge in [-0.2, -0.15) is 0 Å². The quantitative estimate of drug-likeness (QED) is 0.479. The maximum absolute atomic E-state index is 12.4. The number of aromatic nitrogens is 1. The van der Waals surface area contributed by atoms with Gasteiger partial charge in [-0.3, -0.25) is 14.5 Å². The number of hydrogen-bond acceptors (Lipinski definition) is 4. The molecule has 0 aliphatic carbocycles. The van der Waals surface area contributed by atoms with E-state index in [0.29, 0.717) is 39.8 Å². The van der Waals surface area contributed by atoms with E-state index in [9.17, 15) is 13.2 Å². The van der Waals surface area contributed by atoms with Crippen molar-refractivity contribution in [1.29, 1.82) is 0 Å². The molecule has 0 saturated carbocycles. The number of hydrogen-bond donors (Lipinski definition) is 2. The van der Waals surface area contributed by atoms with Gasteiger partial charge >= 0.3 is 0 Å². The van der Waals surface area contributed by atoms with Crippen molar-refractivity contribution in [3.8, 4) is 0 Å². The monoisotopic (exact) mass is 477 g/mol. The lowest BCUT2D eigenvalue weighted by atomic mass is 10.1. The number of rotatable bonds is 9. The fourth-order valence-corrected chi connectivity index (χ4v) is 4.38. The number of nitrogens with one attached hydrogen (secondary N) is 2. The molecule has 0 radical (unpaired) electrons. The third kappa shape index (κ3) is 6.95. The van der Waals surface area contributed by atoms with Gasteiger partial charge in [-0.25, -0.2) is 8.42 Å². The van der Waals surface area contributed by atoms with Crippen molar-refractivity contribution >= 4 is 44.8 Å². The van der Waals surface area contributed by atoms with Gasteiger partial charge in [0.2, 0.25) is 10.0 Å². The van der Waals surface area contributed by atoms with Crippen LogP contribution in [-0.2, 0) is 22.9 Å². The molecule has 1 heterocycles. The van der Waals surface area contributed by atoms with Crippen molar-refractivity contribution < 1.29 is 13.2 Å². The van der Waals surface area contributed by atoms with E-state index in [-0.39, 0.29) is 18.1 Å². The van der Waals surface area contributed by atoms with Crippen molar-refractivity contribution in [2.45, 2.75) is 12.8 Å². The third-order valence-corrected chi connectivity index (χ3v) is 6.69. The molecule has 0 atom stereocenters. The molecule has 3 aromatic rings. The van der Waals surface area contributed by atoms with Gasteiger partial charge in [0.1, 0.15) is 0 Å². The predicted molar refractivity (Wildman–Crippen MR) is 124 cm³/mol. The maximum atomic E-state index is 12.4. The standard InChI is InChI=1S/C22H21Cl2N3O3S/c23-20-3-1-2-17(21(20)24)11-15-31(29,30)27-19-6-4-18(5-7-19)22(28)26-14-10-16-8-12-25-13-9-16/h1-9,12-13,27H,10-11,14-15H2,(H,26,28). The minimum atomic E-state index is -3.60. The van der Waals surface area contributed by atoms with E-state index < -0.39 is 10.0 Å². The molecule has 1 amide bonds. The molecule has 0 spiro atoms. The highest BCUT2D eigenvalue weighted by atomic mass is 35.5. The number of pyridine rings is 1. The Balaban J connectivity index is 1.51. The van der Waals surface area contributed by atoms with Crippen molar-refractivity contribution in [3.63, 3.8) is 0 Å². The highest BCUT2D eigenvalue weighted by Crippen LogP contribution is 2.26. The van der Waals surface area contributed by atoms with E-state index in [1.807, 2.05) is 12.1 Å².